The summed E-state index contributed by atoms with van der Waals surface area (Å²) in [5.41, 5.74) is 6.23. The van der Waals surface area contributed by atoms with Crippen molar-refractivity contribution in [3.8, 4) is 0 Å². The fourth-order valence-electron chi connectivity index (χ4n) is 3.17. The van der Waals surface area contributed by atoms with Crippen LogP contribution in [0.1, 0.15) is 23.2 Å². The van der Waals surface area contributed by atoms with Gasteiger partial charge in [0.05, 0.1) is 17.1 Å². The third kappa shape index (κ3) is 3.21. The van der Waals surface area contributed by atoms with Gasteiger partial charge in [-0.05, 0) is 49.2 Å². The van der Waals surface area contributed by atoms with Gasteiger partial charge in [0.25, 0.3) is 5.91 Å². The van der Waals surface area contributed by atoms with Crippen molar-refractivity contribution >= 4 is 22.6 Å². The van der Waals surface area contributed by atoms with Crippen molar-refractivity contribution in [2.75, 3.05) is 23.4 Å². The highest BCUT2D eigenvalue weighted by Gasteiger charge is 2.17. The molecule has 2 aromatic carbocycles. The Labute approximate surface area is 145 Å². The van der Waals surface area contributed by atoms with E-state index in [1.54, 1.807) is 11.0 Å². The molecule has 0 saturated carbocycles. The SMILES string of the molecule is O=C(Nn1cnc2ccccc21)c1ccc(N2CCC(O)CC2)cc1. The summed E-state index contributed by atoms with van der Waals surface area (Å²) in [6, 6.07) is 15.2. The van der Waals surface area contributed by atoms with Gasteiger partial charge in [0.1, 0.15) is 6.33 Å². The van der Waals surface area contributed by atoms with E-state index in [-0.39, 0.29) is 12.0 Å². The van der Waals surface area contributed by atoms with Crippen LogP contribution in [0.3, 0.4) is 0 Å². The lowest BCUT2D eigenvalue weighted by Crippen LogP contribution is -2.35. The molecule has 6 heteroatoms. The molecule has 1 aromatic heterocycles. The first-order chi connectivity index (χ1) is 12.2. The van der Waals surface area contributed by atoms with Crippen molar-refractivity contribution in [2.45, 2.75) is 18.9 Å². The third-order valence-corrected chi connectivity index (χ3v) is 4.63. The molecule has 6 nitrogen and oxygen atoms in total. The van der Waals surface area contributed by atoms with E-state index in [0.29, 0.717) is 5.56 Å². The van der Waals surface area contributed by atoms with E-state index < -0.39 is 0 Å². The highest BCUT2D eigenvalue weighted by molar-refractivity contribution is 6.01. The predicted molar refractivity (Wildman–Crippen MR) is 97.3 cm³/mol. The molecule has 0 aliphatic carbocycles. The first-order valence-electron chi connectivity index (χ1n) is 8.47. The van der Waals surface area contributed by atoms with Crippen LogP contribution in [-0.2, 0) is 0 Å². The minimum Gasteiger partial charge on any atom is -0.393 e. The number of rotatable bonds is 3. The molecule has 3 aromatic rings. The van der Waals surface area contributed by atoms with Crippen LogP contribution < -0.4 is 10.3 Å². The van der Waals surface area contributed by atoms with E-state index in [0.717, 1.165) is 42.7 Å². The minimum absolute atomic E-state index is 0.177. The highest BCUT2D eigenvalue weighted by atomic mass is 16.3. The summed E-state index contributed by atoms with van der Waals surface area (Å²) >= 11 is 0. The number of hydrogen-bond acceptors (Lipinski definition) is 4. The van der Waals surface area contributed by atoms with Crippen molar-refractivity contribution in [1.82, 2.24) is 9.66 Å². The maximum absolute atomic E-state index is 12.5. The third-order valence-electron chi connectivity index (χ3n) is 4.63. The second-order valence-corrected chi connectivity index (χ2v) is 6.31. The second kappa shape index (κ2) is 6.57. The Hall–Kier alpha value is -2.86. The largest absolute Gasteiger partial charge is 0.393 e. The van der Waals surface area contributed by atoms with Crippen LogP contribution in [0.25, 0.3) is 11.0 Å². The standard InChI is InChI=1S/C19H20N4O2/c24-16-9-11-22(12-10-16)15-7-5-14(6-8-15)19(25)21-23-13-20-17-3-1-2-4-18(17)23/h1-8,13,16,24H,9-12H2,(H,21,25). The van der Waals surface area contributed by atoms with E-state index >= 15 is 0 Å². The number of carbonyl (C=O) groups excluding carboxylic acids is 1. The molecule has 1 saturated heterocycles. The average molecular weight is 336 g/mol. The highest BCUT2D eigenvalue weighted by Crippen LogP contribution is 2.20. The molecule has 4 rings (SSSR count). The van der Waals surface area contributed by atoms with Gasteiger partial charge in [0.15, 0.2) is 0 Å². The molecule has 25 heavy (non-hydrogen) atoms. The first-order valence-corrected chi connectivity index (χ1v) is 8.47. The van der Waals surface area contributed by atoms with Crippen LogP contribution in [0.15, 0.2) is 54.9 Å². The zero-order valence-corrected chi connectivity index (χ0v) is 13.8. The number of anilines is 1. The maximum atomic E-state index is 12.5. The fraction of sp³-hybridized carbons (Fsp3) is 0.263. The summed E-state index contributed by atoms with van der Waals surface area (Å²) in [4.78, 5) is 19.0. The van der Waals surface area contributed by atoms with E-state index in [1.807, 2.05) is 48.5 Å². The molecule has 1 aliphatic rings. The van der Waals surface area contributed by atoms with Gasteiger partial charge in [0.2, 0.25) is 0 Å². The quantitative estimate of drug-likeness (QED) is 0.770. The van der Waals surface area contributed by atoms with Gasteiger partial charge in [-0.2, -0.15) is 0 Å². The van der Waals surface area contributed by atoms with Gasteiger partial charge >= 0.3 is 0 Å². The number of aliphatic hydroxyl groups is 1. The number of amides is 1. The van der Waals surface area contributed by atoms with Gasteiger partial charge < -0.3 is 10.0 Å². The zero-order valence-electron chi connectivity index (χ0n) is 13.8. The summed E-state index contributed by atoms with van der Waals surface area (Å²) in [7, 11) is 0. The summed E-state index contributed by atoms with van der Waals surface area (Å²) in [6.45, 7) is 1.68. The van der Waals surface area contributed by atoms with Gasteiger partial charge in [-0.1, -0.05) is 12.1 Å². The first kappa shape index (κ1) is 15.7. The van der Waals surface area contributed by atoms with Crippen LogP contribution in [0.4, 0.5) is 5.69 Å². The molecule has 128 valence electrons. The van der Waals surface area contributed by atoms with Crippen LogP contribution in [0.5, 0.6) is 0 Å². The topological polar surface area (TPSA) is 70.4 Å². The van der Waals surface area contributed by atoms with E-state index in [9.17, 15) is 9.90 Å². The van der Waals surface area contributed by atoms with E-state index in [1.165, 1.54) is 0 Å². The summed E-state index contributed by atoms with van der Waals surface area (Å²) in [5.74, 6) is -0.177. The van der Waals surface area contributed by atoms with Crippen LogP contribution in [0, 0.1) is 0 Å². The summed E-state index contributed by atoms with van der Waals surface area (Å²) in [5, 5.41) is 9.60. The zero-order chi connectivity index (χ0) is 17.2. The Morgan fingerprint density at radius 1 is 1.08 bits per heavy atom. The van der Waals surface area contributed by atoms with E-state index in [2.05, 4.69) is 15.3 Å². The molecular formula is C19H20N4O2. The molecule has 0 bridgehead atoms. The van der Waals surface area contributed by atoms with Crippen molar-refractivity contribution in [1.29, 1.82) is 0 Å². The summed E-state index contributed by atoms with van der Waals surface area (Å²) in [6.07, 6.45) is 2.99. The molecule has 1 amide bonds. The molecule has 1 fully saturated rings. The smallest absolute Gasteiger partial charge is 0.270 e. The van der Waals surface area contributed by atoms with Crippen molar-refractivity contribution in [2.24, 2.45) is 0 Å². The lowest BCUT2D eigenvalue weighted by molar-refractivity contribution is 0.101. The van der Waals surface area contributed by atoms with Crippen LogP contribution in [0.2, 0.25) is 0 Å². The number of hydrogen-bond donors (Lipinski definition) is 2. The Kier molecular flexibility index (Phi) is 4.11. The second-order valence-electron chi connectivity index (χ2n) is 6.31. The average Bonchev–Trinajstić information content (AvgIpc) is 3.06. The molecule has 2 heterocycles. The number of benzene rings is 2. The number of nitrogens with zero attached hydrogens (tertiary/aromatic N) is 3. The molecule has 0 atom stereocenters. The number of piperidine rings is 1. The van der Waals surface area contributed by atoms with Gasteiger partial charge in [0, 0.05) is 24.3 Å². The number of nitrogens with one attached hydrogen (secondary N) is 1. The van der Waals surface area contributed by atoms with Crippen LogP contribution >= 0.6 is 0 Å². The normalized spacial score (nSPS) is 15.5. The predicted octanol–water partition coefficient (Wildman–Crippen LogP) is 2.38. The Bertz CT molecular complexity index is 880. The molecule has 0 unspecified atom stereocenters. The maximum Gasteiger partial charge on any atom is 0.270 e. The van der Waals surface area contributed by atoms with Crippen molar-refractivity contribution in [3.05, 3.63) is 60.4 Å². The molecule has 0 radical (unpaired) electrons. The summed E-state index contributed by atoms with van der Waals surface area (Å²) < 4.78 is 1.64. The van der Waals surface area contributed by atoms with Gasteiger partial charge in [-0.15, -0.1) is 0 Å². The number of fused-ring (bicyclic) bond motifs is 1. The van der Waals surface area contributed by atoms with Crippen LogP contribution in [-0.4, -0.2) is 39.9 Å². The number of para-hydroxylation sites is 2. The Morgan fingerprint density at radius 3 is 2.56 bits per heavy atom. The number of aromatic nitrogens is 2. The lowest BCUT2D eigenvalue weighted by Gasteiger charge is -2.31. The van der Waals surface area contributed by atoms with Crippen molar-refractivity contribution in [3.63, 3.8) is 0 Å². The van der Waals surface area contributed by atoms with Gasteiger partial charge in [-0.3, -0.25) is 10.2 Å². The molecule has 0 spiro atoms. The monoisotopic (exact) mass is 336 g/mol. The van der Waals surface area contributed by atoms with Crippen molar-refractivity contribution < 1.29 is 9.90 Å². The number of aliphatic hydroxyl groups excluding tert-OH is 1. The number of carbonyl (C=O) groups is 1. The Morgan fingerprint density at radius 2 is 1.80 bits per heavy atom. The minimum atomic E-state index is -0.189. The Balaban J connectivity index is 1.47. The molecule has 2 N–H and O–H groups in total. The lowest BCUT2D eigenvalue weighted by atomic mass is 10.1. The van der Waals surface area contributed by atoms with E-state index in [4.69, 9.17) is 0 Å². The fourth-order valence-corrected chi connectivity index (χ4v) is 3.17. The molecular weight excluding hydrogens is 316 g/mol. The molecule has 1 aliphatic heterocycles. The van der Waals surface area contributed by atoms with Gasteiger partial charge in [-0.25, -0.2) is 9.66 Å². The number of imidazole rings is 1.